The van der Waals surface area contributed by atoms with Crippen molar-refractivity contribution in [2.24, 2.45) is 0 Å². The molecule has 7 heteroatoms. The summed E-state index contributed by atoms with van der Waals surface area (Å²) in [6.45, 7) is 16.1. The summed E-state index contributed by atoms with van der Waals surface area (Å²) in [7, 11) is -1.61. The largest absolute Gasteiger partial charge is 0.427 e. The van der Waals surface area contributed by atoms with Gasteiger partial charge in [-0.3, -0.25) is 13.8 Å². The number of hydrogen-bond donors (Lipinski definition) is 2. The van der Waals surface area contributed by atoms with E-state index in [4.69, 9.17) is 13.6 Å². The van der Waals surface area contributed by atoms with Crippen LogP contribution in [0.2, 0.25) is 0 Å². The highest BCUT2D eigenvalue weighted by Gasteiger charge is 2.29. The number of amides is 1. The fourth-order valence-corrected chi connectivity index (χ4v) is 5.13. The number of hydrogen-bond acceptors (Lipinski definition) is 4. The van der Waals surface area contributed by atoms with E-state index in [2.05, 4.69) is 36.3 Å². The highest BCUT2D eigenvalue weighted by Crippen LogP contribution is 2.48. The Morgan fingerprint density at radius 1 is 1.03 bits per heavy atom. The molecule has 0 radical (unpaired) electrons. The van der Waals surface area contributed by atoms with Gasteiger partial charge in [-0.1, -0.05) is 31.2 Å². The SMILES string of the molecule is CCC(NC=O)c1ccccc1-c1c(C)[nH]c2ccc(OP(OC(C)(C)C)OC(C)(C)C)cc12. The van der Waals surface area contributed by atoms with E-state index in [1.165, 1.54) is 0 Å². The predicted octanol–water partition coefficient (Wildman–Crippen LogP) is 7.58. The Bertz CT molecular complexity index is 1110. The standard InChI is InChI=1S/C27H37N2O4P/c1-9-23(28-17-30)20-12-10-11-13-21(20)25-18(2)29-24-15-14-19(16-22(24)25)31-34(32-26(3,4)5)33-27(6,7)8/h10-17,23,29H,9H2,1-8H3,(H,28,30). The van der Waals surface area contributed by atoms with Crippen molar-refractivity contribution < 1.29 is 18.4 Å². The van der Waals surface area contributed by atoms with Crippen LogP contribution in [-0.2, 0) is 13.8 Å². The first-order valence-electron chi connectivity index (χ1n) is 11.7. The van der Waals surface area contributed by atoms with E-state index in [-0.39, 0.29) is 6.04 Å². The Morgan fingerprint density at radius 3 is 2.26 bits per heavy atom. The molecule has 3 rings (SSSR count). The molecule has 0 aliphatic heterocycles. The van der Waals surface area contributed by atoms with Crippen molar-refractivity contribution in [3.05, 3.63) is 53.7 Å². The molecular formula is C27H37N2O4P. The molecule has 0 saturated carbocycles. The molecule has 1 atom stereocenters. The summed E-state index contributed by atoms with van der Waals surface area (Å²) in [6, 6.07) is 14.1. The summed E-state index contributed by atoms with van der Waals surface area (Å²) in [4.78, 5) is 14.7. The van der Waals surface area contributed by atoms with Gasteiger partial charge in [-0.05, 0) is 84.2 Å². The number of rotatable bonds is 9. The first-order chi connectivity index (χ1) is 15.9. The van der Waals surface area contributed by atoms with E-state index in [0.29, 0.717) is 5.75 Å². The quantitative estimate of drug-likeness (QED) is 0.243. The molecule has 0 aliphatic carbocycles. The van der Waals surface area contributed by atoms with Crippen molar-refractivity contribution in [1.82, 2.24) is 10.3 Å². The van der Waals surface area contributed by atoms with Gasteiger partial charge in [0.25, 0.3) is 0 Å². The fourth-order valence-electron chi connectivity index (χ4n) is 3.84. The lowest BCUT2D eigenvalue weighted by atomic mass is 9.92. The topological polar surface area (TPSA) is 72.6 Å². The maximum atomic E-state index is 11.2. The molecule has 0 spiro atoms. The predicted molar refractivity (Wildman–Crippen MR) is 140 cm³/mol. The summed E-state index contributed by atoms with van der Waals surface area (Å²) in [5.74, 6) is 0.683. The number of fused-ring (bicyclic) bond motifs is 1. The molecule has 1 unspecified atom stereocenters. The lowest BCUT2D eigenvalue weighted by Gasteiger charge is -2.30. The van der Waals surface area contributed by atoms with Crippen molar-refractivity contribution in [1.29, 1.82) is 0 Å². The summed E-state index contributed by atoms with van der Waals surface area (Å²) < 4.78 is 18.5. The van der Waals surface area contributed by atoms with Gasteiger partial charge in [0, 0.05) is 22.2 Å². The zero-order chi connectivity index (χ0) is 25.1. The Labute approximate surface area is 204 Å². The number of H-pyrrole nitrogens is 1. The molecule has 1 amide bonds. The molecule has 0 saturated heterocycles. The van der Waals surface area contributed by atoms with E-state index < -0.39 is 19.8 Å². The van der Waals surface area contributed by atoms with Crippen molar-refractivity contribution >= 4 is 25.9 Å². The van der Waals surface area contributed by atoms with E-state index >= 15 is 0 Å². The average molecular weight is 485 g/mol. The van der Waals surface area contributed by atoms with Crippen LogP contribution in [0.3, 0.4) is 0 Å². The molecule has 1 heterocycles. The summed E-state index contributed by atoms with van der Waals surface area (Å²) in [5.41, 5.74) is 4.53. The fraction of sp³-hybridized carbons (Fsp3) is 0.444. The zero-order valence-electron chi connectivity index (χ0n) is 21.5. The summed E-state index contributed by atoms with van der Waals surface area (Å²) in [6.07, 6.45) is 1.57. The highest BCUT2D eigenvalue weighted by molar-refractivity contribution is 7.42. The molecule has 184 valence electrons. The van der Waals surface area contributed by atoms with Crippen molar-refractivity contribution in [3.63, 3.8) is 0 Å². The van der Waals surface area contributed by atoms with Crippen molar-refractivity contribution in [2.75, 3.05) is 0 Å². The summed E-state index contributed by atoms with van der Waals surface area (Å²) >= 11 is 0. The summed E-state index contributed by atoms with van der Waals surface area (Å²) in [5, 5.41) is 4.00. The van der Waals surface area contributed by atoms with Gasteiger partial charge in [0.2, 0.25) is 6.41 Å². The van der Waals surface area contributed by atoms with Crippen LogP contribution in [0.1, 0.15) is 72.2 Å². The number of carbonyl (C=O) groups is 1. The Kier molecular flexibility index (Phi) is 8.07. The minimum atomic E-state index is -1.61. The number of nitrogens with one attached hydrogen (secondary N) is 2. The molecule has 6 nitrogen and oxygen atoms in total. The van der Waals surface area contributed by atoms with Crippen LogP contribution >= 0.6 is 8.60 Å². The molecule has 34 heavy (non-hydrogen) atoms. The molecule has 0 fully saturated rings. The molecule has 2 aromatic carbocycles. The lowest BCUT2D eigenvalue weighted by molar-refractivity contribution is -0.110. The average Bonchev–Trinajstić information content (AvgIpc) is 3.04. The third kappa shape index (κ3) is 6.59. The molecule has 0 aliphatic rings. The molecular weight excluding hydrogens is 447 g/mol. The van der Waals surface area contributed by atoms with Crippen LogP contribution in [0, 0.1) is 6.92 Å². The smallest absolute Gasteiger partial charge is 0.398 e. The molecule has 3 aromatic rings. The van der Waals surface area contributed by atoms with Gasteiger partial charge in [-0.15, -0.1) is 0 Å². The number of benzene rings is 2. The van der Waals surface area contributed by atoms with Crippen LogP contribution in [0.4, 0.5) is 0 Å². The van der Waals surface area contributed by atoms with Gasteiger partial charge in [-0.25, -0.2) is 0 Å². The maximum Gasteiger partial charge on any atom is 0.398 e. The molecule has 2 N–H and O–H groups in total. The van der Waals surface area contributed by atoms with Crippen molar-refractivity contribution in [2.45, 2.75) is 79.1 Å². The lowest BCUT2D eigenvalue weighted by Crippen LogP contribution is -2.23. The Balaban J connectivity index is 2.06. The van der Waals surface area contributed by atoms with Gasteiger partial charge in [0.05, 0.1) is 17.2 Å². The second-order valence-corrected chi connectivity index (χ2v) is 11.4. The molecule has 1 aromatic heterocycles. The minimum Gasteiger partial charge on any atom is -0.427 e. The van der Waals surface area contributed by atoms with Gasteiger partial charge < -0.3 is 14.8 Å². The van der Waals surface area contributed by atoms with Crippen LogP contribution in [-0.4, -0.2) is 22.6 Å². The van der Waals surface area contributed by atoms with Crippen LogP contribution in [0.25, 0.3) is 22.0 Å². The van der Waals surface area contributed by atoms with E-state index in [1.54, 1.807) is 0 Å². The second-order valence-electron chi connectivity index (χ2n) is 10.4. The number of carbonyl (C=O) groups excluding carboxylic acids is 1. The first-order valence-corrected chi connectivity index (χ1v) is 12.8. The first kappa shape index (κ1) is 26.2. The monoisotopic (exact) mass is 484 g/mol. The molecule has 0 bridgehead atoms. The third-order valence-electron chi connectivity index (χ3n) is 5.12. The van der Waals surface area contributed by atoms with Gasteiger partial charge in [0.1, 0.15) is 5.75 Å². The Morgan fingerprint density at radius 2 is 1.68 bits per heavy atom. The third-order valence-corrected chi connectivity index (χ3v) is 6.87. The highest BCUT2D eigenvalue weighted by atomic mass is 31.2. The second kappa shape index (κ2) is 10.5. The minimum absolute atomic E-state index is 0.0642. The van der Waals surface area contributed by atoms with Crippen LogP contribution in [0.5, 0.6) is 5.75 Å². The van der Waals surface area contributed by atoms with Gasteiger partial charge in [-0.2, -0.15) is 0 Å². The number of aromatic amines is 1. The zero-order valence-corrected chi connectivity index (χ0v) is 22.4. The van der Waals surface area contributed by atoms with Crippen LogP contribution in [0.15, 0.2) is 42.5 Å². The van der Waals surface area contributed by atoms with E-state index in [0.717, 1.165) is 46.1 Å². The van der Waals surface area contributed by atoms with E-state index in [1.807, 2.05) is 71.9 Å². The number of aromatic nitrogens is 1. The maximum absolute atomic E-state index is 11.2. The Hall–Kier alpha value is -2.40. The van der Waals surface area contributed by atoms with Gasteiger partial charge >= 0.3 is 8.60 Å². The van der Waals surface area contributed by atoms with Crippen LogP contribution < -0.4 is 9.84 Å². The number of aryl methyl sites for hydroxylation is 1. The van der Waals surface area contributed by atoms with Gasteiger partial charge in [0.15, 0.2) is 0 Å². The van der Waals surface area contributed by atoms with E-state index in [9.17, 15) is 4.79 Å². The normalized spacial score (nSPS) is 13.3. The van der Waals surface area contributed by atoms with Crippen molar-refractivity contribution in [3.8, 4) is 16.9 Å².